The SMILES string of the molecule is CCCCCC(C)Nc1ccc(Oc2ccccc2)cc1. The molecule has 0 saturated carbocycles. The Morgan fingerprint density at radius 2 is 1.57 bits per heavy atom. The molecule has 2 rings (SSSR count). The second-order valence-corrected chi connectivity index (χ2v) is 5.48. The van der Waals surface area contributed by atoms with Crippen molar-refractivity contribution in [3.05, 3.63) is 54.6 Å². The number of nitrogens with one attached hydrogen (secondary N) is 1. The lowest BCUT2D eigenvalue weighted by Gasteiger charge is -2.15. The average molecular weight is 283 g/mol. The van der Waals surface area contributed by atoms with Gasteiger partial charge in [-0.1, -0.05) is 44.4 Å². The fraction of sp³-hybridized carbons (Fsp3) is 0.368. The Balaban J connectivity index is 1.84. The van der Waals surface area contributed by atoms with E-state index in [1.54, 1.807) is 0 Å². The first kappa shape index (κ1) is 15.4. The highest BCUT2D eigenvalue weighted by Crippen LogP contribution is 2.23. The minimum atomic E-state index is 0.512. The first-order valence-electron chi connectivity index (χ1n) is 7.87. The van der Waals surface area contributed by atoms with Crippen molar-refractivity contribution >= 4 is 5.69 Å². The van der Waals surface area contributed by atoms with Crippen LogP contribution in [-0.2, 0) is 0 Å². The number of unbranched alkanes of at least 4 members (excludes halogenated alkanes) is 2. The van der Waals surface area contributed by atoms with E-state index in [1.807, 2.05) is 42.5 Å². The van der Waals surface area contributed by atoms with Crippen LogP contribution in [0.5, 0.6) is 11.5 Å². The zero-order valence-corrected chi connectivity index (χ0v) is 13.0. The molecular formula is C19H25NO. The molecule has 1 atom stereocenters. The third-order valence-electron chi connectivity index (χ3n) is 3.49. The third kappa shape index (κ3) is 5.50. The number of hydrogen-bond acceptors (Lipinski definition) is 2. The molecule has 0 aliphatic heterocycles. The minimum absolute atomic E-state index is 0.512. The Bertz CT molecular complexity index is 507. The molecule has 1 N–H and O–H groups in total. The number of benzene rings is 2. The third-order valence-corrected chi connectivity index (χ3v) is 3.49. The molecule has 21 heavy (non-hydrogen) atoms. The first-order valence-corrected chi connectivity index (χ1v) is 7.87. The quantitative estimate of drug-likeness (QED) is 0.613. The Labute approximate surface area is 128 Å². The smallest absolute Gasteiger partial charge is 0.127 e. The van der Waals surface area contributed by atoms with Crippen molar-refractivity contribution < 1.29 is 4.74 Å². The maximum Gasteiger partial charge on any atom is 0.127 e. The molecule has 2 nitrogen and oxygen atoms in total. The maximum absolute atomic E-state index is 5.79. The molecule has 112 valence electrons. The van der Waals surface area contributed by atoms with Gasteiger partial charge in [0.25, 0.3) is 0 Å². The van der Waals surface area contributed by atoms with E-state index in [4.69, 9.17) is 4.74 Å². The Hall–Kier alpha value is -1.96. The summed E-state index contributed by atoms with van der Waals surface area (Å²) >= 11 is 0. The second-order valence-electron chi connectivity index (χ2n) is 5.48. The van der Waals surface area contributed by atoms with Crippen molar-refractivity contribution in [3.63, 3.8) is 0 Å². The Morgan fingerprint density at radius 3 is 2.24 bits per heavy atom. The molecule has 0 fully saturated rings. The lowest BCUT2D eigenvalue weighted by atomic mass is 10.1. The van der Waals surface area contributed by atoms with Gasteiger partial charge in [-0.05, 0) is 49.7 Å². The van der Waals surface area contributed by atoms with Gasteiger partial charge in [0.2, 0.25) is 0 Å². The number of ether oxygens (including phenoxy) is 1. The number of anilines is 1. The lowest BCUT2D eigenvalue weighted by Crippen LogP contribution is -2.14. The van der Waals surface area contributed by atoms with Crippen molar-refractivity contribution in [2.24, 2.45) is 0 Å². The summed E-state index contributed by atoms with van der Waals surface area (Å²) < 4.78 is 5.79. The van der Waals surface area contributed by atoms with Crippen LogP contribution in [0.3, 0.4) is 0 Å². The maximum atomic E-state index is 5.79. The topological polar surface area (TPSA) is 21.3 Å². The number of rotatable bonds is 8. The molecule has 0 amide bonds. The van der Waals surface area contributed by atoms with E-state index in [0.29, 0.717) is 6.04 Å². The molecule has 0 aromatic heterocycles. The van der Waals surface area contributed by atoms with E-state index in [0.717, 1.165) is 17.2 Å². The summed E-state index contributed by atoms with van der Waals surface area (Å²) in [5.41, 5.74) is 1.15. The Kier molecular flexibility index (Phi) is 6.14. The predicted molar refractivity (Wildman–Crippen MR) is 90.2 cm³/mol. The van der Waals surface area contributed by atoms with Crippen molar-refractivity contribution in [3.8, 4) is 11.5 Å². The van der Waals surface area contributed by atoms with Gasteiger partial charge in [0, 0.05) is 11.7 Å². The summed E-state index contributed by atoms with van der Waals surface area (Å²) in [6.07, 6.45) is 5.10. The van der Waals surface area contributed by atoms with E-state index >= 15 is 0 Å². The fourth-order valence-electron chi connectivity index (χ4n) is 2.30. The van der Waals surface area contributed by atoms with Crippen LogP contribution < -0.4 is 10.1 Å². The summed E-state index contributed by atoms with van der Waals surface area (Å²) in [5, 5.41) is 3.54. The summed E-state index contributed by atoms with van der Waals surface area (Å²) in [7, 11) is 0. The lowest BCUT2D eigenvalue weighted by molar-refractivity contribution is 0.482. The summed E-state index contributed by atoms with van der Waals surface area (Å²) in [5.74, 6) is 1.73. The van der Waals surface area contributed by atoms with Crippen LogP contribution in [-0.4, -0.2) is 6.04 Å². The fourth-order valence-corrected chi connectivity index (χ4v) is 2.30. The summed E-state index contributed by atoms with van der Waals surface area (Å²) in [6.45, 7) is 4.48. The van der Waals surface area contributed by atoms with E-state index in [-0.39, 0.29) is 0 Å². The molecule has 0 bridgehead atoms. The standard InChI is InChI=1S/C19H25NO/c1-3-4-6-9-16(2)20-17-12-14-19(15-13-17)21-18-10-7-5-8-11-18/h5,7-8,10-16,20H,3-4,6,9H2,1-2H3. The second kappa shape index (κ2) is 8.35. The van der Waals surface area contributed by atoms with Gasteiger partial charge < -0.3 is 10.1 Å². The van der Waals surface area contributed by atoms with Crippen LogP contribution in [0.4, 0.5) is 5.69 Å². The monoisotopic (exact) mass is 283 g/mol. The van der Waals surface area contributed by atoms with E-state index in [2.05, 4.69) is 31.3 Å². The molecule has 2 heteroatoms. The van der Waals surface area contributed by atoms with Gasteiger partial charge in [0.15, 0.2) is 0 Å². The van der Waals surface area contributed by atoms with Crippen molar-refractivity contribution in [2.45, 2.75) is 45.6 Å². The normalized spacial score (nSPS) is 11.9. The highest BCUT2D eigenvalue weighted by atomic mass is 16.5. The molecule has 2 aromatic carbocycles. The van der Waals surface area contributed by atoms with Crippen LogP contribution in [0, 0.1) is 0 Å². The van der Waals surface area contributed by atoms with Gasteiger partial charge in [-0.25, -0.2) is 0 Å². The zero-order chi connectivity index (χ0) is 14.9. The molecule has 2 aromatic rings. The van der Waals surface area contributed by atoms with Gasteiger partial charge >= 0.3 is 0 Å². The van der Waals surface area contributed by atoms with Crippen molar-refractivity contribution in [1.82, 2.24) is 0 Å². The minimum Gasteiger partial charge on any atom is -0.457 e. The van der Waals surface area contributed by atoms with Gasteiger partial charge in [-0.15, -0.1) is 0 Å². The van der Waals surface area contributed by atoms with Crippen molar-refractivity contribution in [1.29, 1.82) is 0 Å². The van der Waals surface area contributed by atoms with Crippen LogP contribution in [0.25, 0.3) is 0 Å². The molecule has 1 unspecified atom stereocenters. The van der Waals surface area contributed by atoms with Gasteiger partial charge in [-0.3, -0.25) is 0 Å². The molecule has 0 spiro atoms. The highest BCUT2D eigenvalue weighted by Gasteiger charge is 2.02. The van der Waals surface area contributed by atoms with E-state index < -0.39 is 0 Å². The first-order chi connectivity index (χ1) is 10.3. The van der Waals surface area contributed by atoms with Crippen LogP contribution >= 0.6 is 0 Å². The number of para-hydroxylation sites is 1. The largest absolute Gasteiger partial charge is 0.457 e. The van der Waals surface area contributed by atoms with Crippen molar-refractivity contribution in [2.75, 3.05) is 5.32 Å². The Morgan fingerprint density at radius 1 is 0.905 bits per heavy atom. The molecule has 0 heterocycles. The van der Waals surface area contributed by atoms with Crippen LogP contribution in [0.1, 0.15) is 39.5 Å². The molecule has 0 saturated heterocycles. The summed E-state index contributed by atoms with van der Waals surface area (Å²) in [4.78, 5) is 0. The van der Waals surface area contributed by atoms with Gasteiger partial charge in [0.1, 0.15) is 11.5 Å². The van der Waals surface area contributed by atoms with Crippen LogP contribution in [0.15, 0.2) is 54.6 Å². The molecule has 0 aliphatic carbocycles. The summed E-state index contributed by atoms with van der Waals surface area (Å²) in [6, 6.07) is 18.5. The highest BCUT2D eigenvalue weighted by molar-refractivity contribution is 5.47. The predicted octanol–water partition coefficient (Wildman–Crippen LogP) is 5.86. The molecule has 0 aliphatic rings. The van der Waals surface area contributed by atoms with Gasteiger partial charge in [-0.2, -0.15) is 0 Å². The average Bonchev–Trinajstić information content (AvgIpc) is 2.51. The number of hydrogen-bond donors (Lipinski definition) is 1. The molecule has 0 radical (unpaired) electrons. The molecular weight excluding hydrogens is 258 g/mol. The van der Waals surface area contributed by atoms with E-state index in [1.165, 1.54) is 25.7 Å². The van der Waals surface area contributed by atoms with E-state index in [9.17, 15) is 0 Å². The zero-order valence-electron chi connectivity index (χ0n) is 13.0. The van der Waals surface area contributed by atoms with Gasteiger partial charge in [0.05, 0.1) is 0 Å². The van der Waals surface area contributed by atoms with Crippen LogP contribution in [0.2, 0.25) is 0 Å².